The summed E-state index contributed by atoms with van der Waals surface area (Å²) in [5.41, 5.74) is 6.62. The predicted octanol–water partition coefficient (Wildman–Crippen LogP) is 5.24. The van der Waals surface area contributed by atoms with Crippen molar-refractivity contribution < 1.29 is 19.1 Å². The number of carbonyl (C=O) groups is 3. The zero-order chi connectivity index (χ0) is 26.2. The number of ether oxygens (including phenoxy) is 1. The van der Waals surface area contributed by atoms with Crippen LogP contribution in [-0.4, -0.2) is 30.5 Å². The van der Waals surface area contributed by atoms with Gasteiger partial charge in [0.15, 0.2) is 6.61 Å². The Morgan fingerprint density at radius 1 is 0.889 bits per heavy atom. The monoisotopic (exact) mass is 614 g/mol. The fraction of sp³-hybridized carbons (Fsp3) is 0.154. The molecule has 186 valence electrons. The van der Waals surface area contributed by atoms with Gasteiger partial charge in [0.25, 0.3) is 5.91 Å². The molecule has 3 rings (SSSR count). The van der Waals surface area contributed by atoms with Crippen LogP contribution in [-0.2, 0) is 14.4 Å². The SMILES string of the molecule is Cc1cc(NC(=O)COc2ccc(Br)cc2/C=N\NC(=O)C(=O)Nc2c(C)cccc2C)ccc1Br. The summed E-state index contributed by atoms with van der Waals surface area (Å²) in [6.07, 6.45) is 1.33. The number of benzene rings is 3. The molecule has 0 radical (unpaired) electrons. The highest BCUT2D eigenvalue weighted by molar-refractivity contribution is 9.10. The average Bonchev–Trinajstić information content (AvgIpc) is 2.83. The second-order valence-corrected chi connectivity index (χ2v) is 9.67. The first kappa shape index (κ1) is 27.1. The molecule has 0 aliphatic heterocycles. The van der Waals surface area contributed by atoms with Gasteiger partial charge in [0.05, 0.1) is 6.21 Å². The fourth-order valence-corrected chi connectivity index (χ4v) is 3.83. The van der Waals surface area contributed by atoms with Crippen molar-refractivity contribution in [1.29, 1.82) is 0 Å². The van der Waals surface area contributed by atoms with Crippen LogP contribution in [0.4, 0.5) is 11.4 Å². The van der Waals surface area contributed by atoms with Crippen molar-refractivity contribution in [3.63, 3.8) is 0 Å². The van der Waals surface area contributed by atoms with E-state index in [0.29, 0.717) is 22.7 Å². The molecule has 3 aromatic rings. The van der Waals surface area contributed by atoms with E-state index in [-0.39, 0.29) is 12.5 Å². The van der Waals surface area contributed by atoms with Gasteiger partial charge in [-0.05, 0) is 73.9 Å². The van der Waals surface area contributed by atoms with E-state index in [9.17, 15) is 14.4 Å². The maximum atomic E-state index is 12.3. The van der Waals surface area contributed by atoms with Crippen LogP contribution in [0.2, 0.25) is 0 Å². The number of hydrazone groups is 1. The Kier molecular flexibility index (Phi) is 9.38. The largest absolute Gasteiger partial charge is 0.483 e. The zero-order valence-electron chi connectivity index (χ0n) is 19.8. The van der Waals surface area contributed by atoms with Crippen molar-refractivity contribution in [2.24, 2.45) is 5.10 Å². The van der Waals surface area contributed by atoms with Crippen LogP contribution >= 0.6 is 31.9 Å². The van der Waals surface area contributed by atoms with E-state index in [1.165, 1.54) is 6.21 Å². The van der Waals surface area contributed by atoms with Gasteiger partial charge in [-0.25, -0.2) is 5.43 Å². The summed E-state index contributed by atoms with van der Waals surface area (Å²) in [7, 11) is 0. The van der Waals surface area contributed by atoms with Gasteiger partial charge in [0, 0.05) is 25.9 Å². The summed E-state index contributed by atoms with van der Waals surface area (Å²) in [6, 6.07) is 16.2. The van der Waals surface area contributed by atoms with E-state index in [1.54, 1.807) is 24.3 Å². The van der Waals surface area contributed by atoms with Gasteiger partial charge in [-0.1, -0.05) is 50.1 Å². The summed E-state index contributed by atoms with van der Waals surface area (Å²) in [4.78, 5) is 36.8. The Hall–Kier alpha value is -3.50. The van der Waals surface area contributed by atoms with Crippen LogP contribution in [0.25, 0.3) is 0 Å². The third kappa shape index (κ3) is 7.50. The molecular weight excluding hydrogens is 592 g/mol. The van der Waals surface area contributed by atoms with Crippen molar-refractivity contribution in [2.75, 3.05) is 17.2 Å². The normalized spacial score (nSPS) is 10.7. The number of amides is 3. The molecule has 0 aliphatic carbocycles. The molecule has 0 bridgehead atoms. The van der Waals surface area contributed by atoms with Gasteiger partial charge in [-0.3, -0.25) is 14.4 Å². The number of aryl methyl sites for hydroxylation is 3. The fourth-order valence-electron chi connectivity index (χ4n) is 3.21. The Labute approximate surface area is 225 Å². The zero-order valence-corrected chi connectivity index (χ0v) is 23.0. The highest BCUT2D eigenvalue weighted by Gasteiger charge is 2.15. The van der Waals surface area contributed by atoms with E-state index in [4.69, 9.17) is 4.74 Å². The number of para-hydroxylation sites is 1. The number of nitrogens with one attached hydrogen (secondary N) is 3. The Morgan fingerprint density at radius 2 is 1.61 bits per heavy atom. The van der Waals surface area contributed by atoms with Crippen LogP contribution in [0, 0.1) is 20.8 Å². The second-order valence-electron chi connectivity index (χ2n) is 7.90. The van der Waals surface area contributed by atoms with Gasteiger partial charge in [-0.15, -0.1) is 0 Å². The maximum Gasteiger partial charge on any atom is 0.329 e. The number of halogens is 2. The Morgan fingerprint density at radius 3 is 2.31 bits per heavy atom. The lowest BCUT2D eigenvalue weighted by Crippen LogP contribution is -2.32. The first-order chi connectivity index (χ1) is 17.1. The number of carbonyl (C=O) groups excluding carboxylic acids is 3. The summed E-state index contributed by atoms with van der Waals surface area (Å²) < 4.78 is 7.36. The highest BCUT2D eigenvalue weighted by atomic mass is 79.9. The van der Waals surface area contributed by atoms with E-state index in [0.717, 1.165) is 25.6 Å². The van der Waals surface area contributed by atoms with Crippen LogP contribution in [0.5, 0.6) is 5.75 Å². The molecule has 3 aromatic carbocycles. The van der Waals surface area contributed by atoms with Gasteiger partial charge in [0.2, 0.25) is 0 Å². The quantitative estimate of drug-likeness (QED) is 0.192. The number of hydrogen-bond acceptors (Lipinski definition) is 5. The minimum Gasteiger partial charge on any atom is -0.483 e. The van der Waals surface area contributed by atoms with Crippen molar-refractivity contribution in [2.45, 2.75) is 20.8 Å². The van der Waals surface area contributed by atoms with E-state index >= 15 is 0 Å². The van der Waals surface area contributed by atoms with Crippen LogP contribution in [0.1, 0.15) is 22.3 Å². The van der Waals surface area contributed by atoms with Gasteiger partial charge in [-0.2, -0.15) is 5.10 Å². The van der Waals surface area contributed by atoms with Crippen molar-refractivity contribution in [3.05, 3.63) is 85.8 Å². The molecular formula is C26H24Br2N4O4. The highest BCUT2D eigenvalue weighted by Crippen LogP contribution is 2.23. The Bertz CT molecular complexity index is 1320. The summed E-state index contributed by atoms with van der Waals surface area (Å²) in [5, 5.41) is 9.26. The molecule has 0 heterocycles. The standard InChI is InChI=1S/C26H24Br2N4O4/c1-15-5-4-6-16(2)24(15)31-25(34)26(35)32-29-13-18-12-19(27)7-10-22(18)36-14-23(33)30-20-8-9-21(28)17(3)11-20/h4-13H,14H2,1-3H3,(H,30,33)(H,31,34)(H,32,35)/b29-13-. The molecule has 0 unspecified atom stereocenters. The molecule has 3 amide bonds. The summed E-state index contributed by atoms with van der Waals surface area (Å²) in [5.74, 6) is -1.72. The minimum absolute atomic E-state index is 0.234. The molecule has 0 saturated heterocycles. The minimum atomic E-state index is -0.921. The van der Waals surface area contributed by atoms with E-state index in [1.807, 2.05) is 51.1 Å². The molecule has 0 saturated carbocycles. The smallest absolute Gasteiger partial charge is 0.329 e. The lowest BCUT2D eigenvalue weighted by Gasteiger charge is -2.11. The van der Waals surface area contributed by atoms with Crippen LogP contribution in [0.3, 0.4) is 0 Å². The molecule has 0 atom stereocenters. The molecule has 0 aliphatic rings. The molecule has 8 nitrogen and oxygen atoms in total. The summed E-state index contributed by atoms with van der Waals surface area (Å²) in [6.45, 7) is 5.37. The van der Waals surface area contributed by atoms with Crippen molar-refractivity contribution >= 4 is 67.2 Å². The van der Waals surface area contributed by atoms with Crippen LogP contribution in [0.15, 0.2) is 68.6 Å². The van der Waals surface area contributed by atoms with Gasteiger partial charge >= 0.3 is 11.8 Å². The third-order valence-corrected chi connectivity index (χ3v) is 6.45. The molecule has 0 aromatic heterocycles. The van der Waals surface area contributed by atoms with Crippen molar-refractivity contribution in [1.82, 2.24) is 5.43 Å². The summed E-state index contributed by atoms with van der Waals surface area (Å²) >= 11 is 6.80. The third-order valence-electron chi connectivity index (χ3n) is 5.07. The van der Waals surface area contributed by atoms with E-state index < -0.39 is 11.8 Å². The number of nitrogens with zero attached hydrogens (tertiary/aromatic N) is 1. The van der Waals surface area contributed by atoms with Gasteiger partial charge in [0.1, 0.15) is 5.75 Å². The Balaban J connectivity index is 1.60. The number of rotatable bonds is 7. The van der Waals surface area contributed by atoms with Gasteiger partial charge < -0.3 is 15.4 Å². The maximum absolute atomic E-state index is 12.3. The second kappa shape index (κ2) is 12.5. The molecule has 10 heteroatoms. The lowest BCUT2D eigenvalue weighted by molar-refractivity contribution is -0.136. The lowest BCUT2D eigenvalue weighted by atomic mass is 10.1. The van der Waals surface area contributed by atoms with E-state index in [2.05, 4.69) is 53.0 Å². The molecule has 0 fully saturated rings. The molecule has 0 spiro atoms. The molecule has 36 heavy (non-hydrogen) atoms. The first-order valence-electron chi connectivity index (χ1n) is 10.8. The predicted molar refractivity (Wildman–Crippen MR) is 147 cm³/mol. The molecule has 3 N–H and O–H groups in total. The van der Waals surface area contributed by atoms with Crippen molar-refractivity contribution in [3.8, 4) is 5.75 Å². The first-order valence-corrected chi connectivity index (χ1v) is 12.4. The number of hydrogen-bond donors (Lipinski definition) is 3. The topological polar surface area (TPSA) is 109 Å². The van der Waals surface area contributed by atoms with Crippen LogP contribution < -0.4 is 20.8 Å². The number of anilines is 2. The average molecular weight is 616 g/mol.